The third-order valence-electron chi connectivity index (χ3n) is 5.35. The van der Waals surface area contributed by atoms with E-state index in [0.717, 1.165) is 37.9 Å². The van der Waals surface area contributed by atoms with Gasteiger partial charge in [-0.3, -0.25) is 9.59 Å². The highest BCUT2D eigenvalue weighted by atomic mass is 35.5. The fourth-order valence-electron chi connectivity index (χ4n) is 3.61. The molecule has 0 saturated heterocycles. The zero-order valence-corrected chi connectivity index (χ0v) is 20.4. The monoisotopic (exact) mass is 459 g/mol. The molecule has 1 atom stereocenters. The molecule has 1 aromatic heterocycles. The average Bonchev–Trinajstić information content (AvgIpc) is 3.08. The predicted molar refractivity (Wildman–Crippen MR) is 123 cm³/mol. The maximum atomic E-state index is 13.0. The van der Waals surface area contributed by atoms with Crippen LogP contribution in [0, 0.1) is 17.8 Å². The molecule has 30 heavy (non-hydrogen) atoms. The summed E-state index contributed by atoms with van der Waals surface area (Å²) in [5.41, 5.74) is 0. The van der Waals surface area contributed by atoms with E-state index in [-0.39, 0.29) is 41.8 Å². The molecule has 0 aromatic carbocycles. The number of Topliss-reactive ketones (excluding diaryl/α,β-unsaturated/α-hetero) is 1. The molecule has 0 radical (unpaired) electrons. The first kappa shape index (κ1) is 27.0. The molecule has 0 bridgehead atoms. The predicted octanol–water partition coefficient (Wildman–Crippen LogP) is 5.70. The van der Waals surface area contributed by atoms with Gasteiger partial charge in [-0.05, 0) is 37.5 Å². The molecule has 172 valence electrons. The fraction of sp³-hybridized carbons (Fsp3) is 0.818. The van der Waals surface area contributed by atoms with Gasteiger partial charge >= 0.3 is 0 Å². The van der Waals surface area contributed by atoms with Gasteiger partial charge in [0.1, 0.15) is 0 Å². The number of carbonyl (C=O) groups excluding carboxylic acids is 2. The summed E-state index contributed by atoms with van der Waals surface area (Å²) in [6.07, 6.45) is 9.24. The van der Waals surface area contributed by atoms with Crippen molar-refractivity contribution in [2.75, 3.05) is 5.75 Å². The van der Waals surface area contributed by atoms with Crippen molar-refractivity contribution in [2.24, 2.45) is 17.8 Å². The summed E-state index contributed by atoms with van der Waals surface area (Å²) < 4.78 is 5.59. The first-order chi connectivity index (χ1) is 13.9. The number of hydrogen-bond donors (Lipinski definition) is 1. The van der Waals surface area contributed by atoms with Crippen LogP contribution in [0.2, 0.25) is 0 Å². The van der Waals surface area contributed by atoms with Crippen molar-refractivity contribution in [2.45, 2.75) is 96.7 Å². The lowest BCUT2D eigenvalue weighted by Crippen LogP contribution is -2.44. The van der Waals surface area contributed by atoms with Gasteiger partial charge in [0.15, 0.2) is 0 Å². The molecule has 0 spiro atoms. The van der Waals surface area contributed by atoms with E-state index < -0.39 is 6.04 Å². The number of rotatable bonds is 10. The number of carbonyl (C=O) groups is 2. The Morgan fingerprint density at radius 3 is 2.27 bits per heavy atom. The van der Waals surface area contributed by atoms with Crippen LogP contribution in [-0.2, 0) is 4.79 Å². The van der Waals surface area contributed by atoms with Crippen molar-refractivity contribution < 1.29 is 14.0 Å². The molecule has 0 aliphatic heterocycles. The van der Waals surface area contributed by atoms with Crippen LogP contribution in [0.15, 0.2) is 9.64 Å². The highest BCUT2D eigenvalue weighted by molar-refractivity contribution is 7.99. The second-order valence-corrected chi connectivity index (χ2v) is 10.0. The van der Waals surface area contributed by atoms with Crippen molar-refractivity contribution in [1.82, 2.24) is 15.5 Å². The van der Waals surface area contributed by atoms with Crippen LogP contribution in [0.3, 0.4) is 0 Å². The molecule has 1 saturated carbocycles. The molecule has 1 amide bonds. The van der Waals surface area contributed by atoms with Crippen molar-refractivity contribution in [3.8, 4) is 0 Å². The van der Waals surface area contributed by atoms with Gasteiger partial charge < -0.3 is 9.73 Å². The van der Waals surface area contributed by atoms with Crippen LogP contribution in [0.25, 0.3) is 0 Å². The lowest BCUT2D eigenvalue weighted by Gasteiger charge is -2.23. The third kappa shape index (κ3) is 9.38. The molecular formula is C22H38ClN3O3S. The third-order valence-corrected chi connectivity index (χ3v) is 6.21. The molecule has 1 N–H and O–H groups in total. The maximum Gasteiger partial charge on any atom is 0.286 e. The van der Waals surface area contributed by atoms with Gasteiger partial charge in [-0.25, -0.2) is 0 Å². The number of ketones is 1. The summed E-state index contributed by atoms with van der Waals surface area (Å²) >= 11 is 1.47. The number of thioether (sulfide) groups is 1. The minimum absolute atomic E-state index is 0. The zero-order valence-electron chi connectivity index (χ0n) is 18.8. The standard InChI is InChI=1S/C22H37N3O3S.ClH/c1-15(2)12-13-29-22-25-24-21(28-22)19(26)18(14-16(3)4)23-20(27)17-10-8-6-5-7-9-11-17;/h15-18H,5-14H2,1-4H3,(H,23,27);1H. The first-order valence-corrected chi connectivity index (χ1v) is 12.2. The molecule has 8 heteroatoms. The Morgan fingerprint density at radius 1 is 1.03 bits per heavy atom. The van der Waals surface area contributed by atoms with Crippen molar-refractivity contribution in [1.29, 1.82) is 0 Å². The van der Waals surface area contributed by atoms with Crippen molar-refractivity contribution in [3.63, 3.8) is 0 Å². The average molecular weight is 460 g/mol. The van der Waals surface area contributed by atoms with E-state index in [9.17, 15) is 9.59 Å². The second-order valence-electron chi connectivity index (χ2n) is 9.00. The Bertz CT molecular complexity index is 643. The number of hydrogen-bond acceptors (Lipinski definition) is 6. The Labute approximate surface area is 191 Å². The van der Waals surface area contributed by atoms with E-state index >= 15 is 0 Å². The number of aromatic nitrogens is 2. The highest BCUT2D eigenvalue weighted by Crippen LogP contribution is 2.24. The van der Waals surface area contributed by atoms with Crippen LogP contribution in [0.1, 0.15) is 96.2 Å². The van der Waals surface area contributed by atoms with Crippen LogP contribution in [0.4, 0.5) is 0 Å². The minimum atomic E-state index is -0.609. The quantitative estimate of drug-likeness (QED) is 0.356. The van der Waals surface area contributed by atoms with Crippen LogP contribution in [-0.4, -0.2) is 33.7 Å². The molecule has 1 aliphatic rings. The first-order valence-electron chi connectivity index (χ1n) is 11.2. The van der Waals surface area contributed by atoms with E-state index in [1.165, 1.54) is 31.0 Å². The number of nitrogens with zero attached hydrogens (tertiary/aromatic N) is 2. The van der Waals surface area contributed by atoms with Crippen LogP contribution >= 0.6 is 24.2 Å². The largest absolute Gasteiger partial charge is 0.408 e. The number of nitrogens with one attached hydrogen (secondary N) is 1. The van der Waals surface area contributed by atoms with E-state index in [1.54, 1.807) is 0 Å². The van der Waals surface area contributed by atoms with Gasteiger partial charge in [-0.2, -0.15) is 0 Å². The van der Waals surface area contributed by atoms with E-state index in [4.69, 9.17) is 4.42 Å². The zero-order chi connectivity index (χ0) is 21.2. The van der Waals surface area contributed by atoms with Gasteiger partial charge in [0.2, 0.25) is 11.7 Å². The summed E-state index contributed by atoms with van der Waals surface area (Å²) in [6, 6.07) is -0.609. The summed E-state index contributed by atoms with van der Waals surface area (Å²) in [6.45, 7) is 8.42. The Hall–Kier alpha value is -1.08. The Kier molecular flexibility index (Phi) is 12.6. The second kappa shape index (κ2) is 14.1. The molecule has 1 heterocycles. The molecule has 6 nitrogen and oxygen atoms in total. The SMILES string of the molecule is CC(C)CCSc1nnc(C(=O)C(CC(C)C)NC(=O)C2CCCCCCC2)o1.Cl. The van der Waals surface area contributed by atoms with Crippen molar-refractivity contribution in [3.05, 3.63) is 5.89 Å². The summed E-state index contributed by atoms with van der Waals surface area (Å²) in [7, 11) is 0. The highest BCUT2D eigenvalue weighted by Gasteiger charge is 2.30. The lowest BCUT2D eigenvalue weighted by molar-refractivity contribution is -0.126. The van der Waals surface area contributed by atoms with Crippen molar-refractivity contribution >= 4 is 35.9 Å². The number of amides is 1. The minimum Gasteiger partial charge on any atom is -0.408 e. The van der Waals surface area contributed by atoms with Gasteiger partial charge in [-0.15, -0.1) is 22.6 Å². The number of halogens is 1. The molecular weight excluding hydrogens is 422 g/mol. The molecule has 1 fully saturated rings. The van der Waals surface area contributed by atoms with Gasteiger partial charge in [0.05, 0.1) is 6.04 Å². The fourth-order valence-corrected chi connectivity index (χ4v) is 4.61. The molecule has 1 aromatic rings. The Balaban J connectivity index is 0.00000450. The molecule has 2 rings (SSSR count). The van der Waals surface area contributed by atoms with E-state index in [0.29, 0.717) is 17.6 Å². The van der Waals surface area contributed by atoms with Gasteiger partial charge in [0, 0.05) is 11.7 Å². The lowest BCUT2D eigenvalue weighted by atomic mass is 9.90. The van der Waals surface area contributed by atoms with Crippen LogP contribution < -0.4 is 5.32 Å². The van der Waals surface area contributed by atoms with Crippen LogP contribution in [0.5, 0.6) is 0 Å². The van der Waals surface area contributed by atoms with Gasteiger partial charge in [-0.1, -0.05) is 71.6 Å². The summed E-state index contributed by atoms with van der Waals surface area (Å²) in [5.74, 6) is 1.47. The Morgan fingerprint density at radius 2 is 1.67 bits per heavy atom. The van der Waals surface area contributed by atoms with E-state index in [1.807, 2.05) is 13.8 Å². The maximum absolute atomic E-state index is 13.0. The summed E-state index contributed by atoms with van der Waals surface area (Å²) in [5, 5.41) is 11.4. The molecule has 1 unspecified atom stereocenters. The topological polar surface area (TPSA) is 85.1 Å². The van der Waals surface area contributed by atoms with Gasteiger partial charge in [0.25, 0.3) is 11.1 Å². The smallest absolute Gasteiger partial charge is 0.286 e. The normalized spacial score (nSPS) is 16.6. The van der Waals surface area contributed by atoms with E-state index in [2.05, 4.69) is 29.4 Å². The molecule has 1 aliphatic carbocycles. The summed E-state index contributed by atoms with van der Waals surface area (Å²) in [4.78, 5) is 25.9.